The number of rotatable bonds is 1. The van der Waals surface area contributed by atoms with Crippen LogP contribution in [-0.4, -0.2) is 22.9 Å². The van der Waals surface area contributed by atoms with E-state index in [1.807, 2.05) is 0 Å². The lowest BCUT2D eigenvalue weighted by Crippen LogP contribution is -2.34. The summed E-state index contributed by atoms with van der Waals surface area (Å²) in [7, 11) is 0. The Bertz CT molecular complexity index is 107. The highest BCUT2D eigenvalue weighted by Gasteiger charge is 2.18. The molecule has 9 heavy (non-hydrogen) atoms. The summed E-state index contributed by atoms with van der Waals surface area (Å²) in [4.78, 5) is 9.89. The molecule has 0 amide bonds. The molecule has 52 valence electrons. The van der Waals surface area contributed by atoms with E-state index in [-0.39, 0.29) is 0 Å². The predicted molar refractivity (Wildman–Crippen MR) is 32.4 cm³/mol. The zero-order valence-electron chi connectivity index (χ0n) is 5.16. The smallest absolute Gasteiger partial charge is 0.145 e. The van der Waals surface area contributed by atoms with Crippen LogP contribution in [0, 0.1) is 4.91 Å². The average Bonchev–Trinajstić information content (AvgIpc) is 1.89. The second-order valence-corrected chi connectivity index (χ2v) is 2.22. The lowest BCUT2D eigenvalue weighted by molar-refractivity contribution is -0.0235. The Morgan fingerprint density at radius 1 is 1.56 bits per heavy atom. The summed E-state index contributed by atoms with van der Waals surface area (Å²) in [6.07, 6.45) is 2.00. The van der Waals surface area contributed by atoms with Gasteiger partial charge < -0.3 is 5.11 Å². The van der Waals surface area contributed by atoms with Gasteiger partial charge in [-0.25, -0.2) is 5.01 Å². The summed E-state index contributed by atoms with van der Waals surface area (Å²) < 4.78 is 0. The van der Waals surface area contributed by atoms with Gasteiger partial charge in [-0.1, -0.05) is 0 Å². The largest absolute Gasteiger partial charge is 0.372 e. The third kappa shape index (κ3) is 1.38. The fourth-order valence-corrected chi connectivity index (χ4v) is 0.994. The number of nitroso groups, excluding NO2 is 1. The quantitative estimate of drug-likeness (QED) is 0.525. The van der Waals surface area contributed by atoms with E-state index in [1.165, 1.54) is 5.01 Å². The number of aliphatic hydroxyl groups excluding tert-OH is 1. The monoisotopic (exact) mass is 130 g/mol. The van der Waals surface area contributed by atoms with Crippen LogP contribution in [-0.2, 0) is 0 Å². The molecule has 4 heteroatoms. The van der Waals surface area contributed by atoms with Crippen LogP contribution < -0.4 is 0 Å². The Balaban J connectivity index is 2.38. The fraction of sp³-hybridized carbons (Fsp3) is 1.00. The van der Waals surface area contributed by atoms with E-state index in [2.05, 4.69) is 5.29 Å². The number of hydrogen-bond acceptors (Lipinski definition) is 3. The van der Waals surface area contributed by atoms with Gasteiger partial charge in [0, 0.05) is 6.54 Å². The SMILES string of the molecule is O=NN1CCCCC1O. The number of hydrogen-bond donors (Lipinski definition) is 1. The van der Waals surface area contributed by atoms with E-state index in [0.29, 0.717) is 13.0 Å². The lowest BCUT2D eigenvalue weighted by atomic mass is 10.1. The zero-order valence-corrected chi connectivity index (χ0v) is 5.16. The van der Waals surface area contributed by atoms with E-state index in [0.717, 1.165) is 12.8 Å². The van der Waals surface area contributed by atoms with Crippen molar-refractivity contribution in [3.8, 4) is 0 Å². The fourth-order valence-electron chi connectivity index (χ4n) is 0.994. The van der Waals surface area contributed by atoms with E-state index < -0.39 is 6.23 Å². The predicted octanol–water partition coefficient (Wildman–Crippen LogP) is 0.472. The van der Waals surface area contributed by atoms with E-state index in [9.17, 15) is 4.91 Å². The van der Waals surface area contributed by atoms with Gasteiger partial charge in [0.2, 0.25) is 0 Å². The molecular formula is C5H10N2O2. The third-order valence-corrected chi connectivity index (χ3v) is 1.55. The number of aliphatic hydroxyl groups is 1. The molecule has 4 nitrogen and oxygen atoms in total. The maximum atomic E-state index is 9.89. The van der Waals surface area contributed by atoms with Gasteiger partial charge in [-0.15, -0.1) is 4.91 Å². The summed E-state index contributed by atoms with van der Waals surface area (Å²) >= 11 is 0. The molecule has 1 N–H and O–H groups in total. The molecule has 1 saturated heterocycles. The molecule has 1 fully saturated rings. The lowest BCUT2D eigenvalue weighted by Gasteiger charge is -2.25. The normalized spacial score (nSPS) is 28.1. The molecule has 0 spiro atoms. The summed E-state index contributed by atoms with van der Waals surface area (Å²) in [6.45, 7) is 0.602. The van der Waals surface area contributed by atoms with Crippen LogP contribution >= 0.6 is 0 Å². The van der Waals surface area contributed by atoms with E-state index in [1.54, 1.807) is 0 Å². The molecule has 1 unspecified atom stereocenters. The van der Waals surface area contributed by atoms with Crippen molar-refractivity contribution in [1.82, 2.24) is 5.01 Å². The van der Waals surface area contributed by atoms with Crippen molar-refractivity contribution in [2.45, 2.75) is 25.5 Å². The van der Waals surface area contributed by atoms with Gasteiger partial charge in [-0.3, -0.25) is 0 Å². The number of nitrogens with zero attached hydrogens (tertiary/aromatic N) is 2. The molecule has 0 aliphatic carbocycles. The van der Waals surface area contributed by atoms with Crippen LogP contribution in [0.4, 0.5) is 0 Å². The first kappa shape index (κ1) is 6.48. The molecule has 1 heterocycles. The minimum Gasteiger partial charge on any atom is -0.372 e. The molecule has 1 aliphatic heterocycles. The van der Waals surface area contributed by atoms with Crippen molar-refractivity contribution < 1.29 is 5.11 Å². The highest BCUT2D eigenvalue weighted by Crippen LogP contribution is 2.13. The first-order valence-corrected chi connectivity index (χ1v) is 3.12. The summed E-state index contributed by atoms with van der Waals surface area (Å²) in [5, 5.41) is 12.8. The molecule has 0 saturated carbocycles. The summed E-state index contributed by atoms with van der Waals surface area (Å²) in [5.41, 5.74) is 0. The van der Waals surface area contributed by atoms with Crippen molar-refractivity contribution in [3.05, 3.63) is 4.91 Å². The van der Waals surface area contributed by atoms with Crippen LogP contribution in [0.25, 0.3) is 0 Å². The van der Waals surface area contributed by atoms with Gasteiger partial charge in [-0.2, -0.15) is 0 Å². The Hall–Kier alpha value is -0.640. The van der Waals surface area contributed by atoms with Gasteiger partial charge in [-0.05, 0) is 19.3 Å². The second kappa shape index (κ2) is 2.77. The molecule has 0 aromatic rings. The average molecular weight is 130 g/mol. The van der Waals surface area contributed by atoms with Crippen molar-refractivity contribution in [2.75, 3.05) is 6.54 Å². The molecule has 1 rings (SSSR count). The highest BCUT2D eigenvalue weighted by atomic mass is 16.3. The van der Waals surface area contributed by atoms with Gasteiger partial charge in [0.05, 0.1) is 5.29 Å². The second-order valence-electron chi connectivity index (χ2n) is 2.22. The topological polar surface area (TPSA) is 52.9 Å². The van der Waals surface area contributed by atoms with Crippen molar-refractivity contribution in [3.63, 3.8) is 0 Å². The molecule has 0 aromatic carbocycles. The van der Waals surface area contributed by atoms with Crippen LogP contribution in [0.15, 0.2) is 5.29 Å². The Morgan fingerprint density at radius 3 is 2.78 bits per heavy atom. The first-order chi connectivity index (χ1) is 4.34. The highest BCUT2D eigenvalue weighted by molar-refractivity contribution is 4.63. The summed E-state index contributed by atoms with van der Waals surface area (Å²) in [6, 6.07) is 0. The maximum absolute atomic E-state index is 9.89. The van der Waals surface area contributed by atoms with Crippen LogP contribution in [0.3, 0.4) is 0 Å². The molecule has 1 aliphatic rings. The Labute approximate surface area is 53.4 Å². The van der Waals surface area contributed by atoms with Crippen molar-refractivity contribution >= 4 is 0 Å². The summed E-state index contributed by atoms with van der Waals surface area (Å²) in [5.74, 6) is 0. The van der Waals surface area contributed by atoms with Gasteiger partial charge in [0.15, 0.2) is 0 Å². The van der Waals surface area contributed by atoms with E-state index >= 15 is 0 Å². The van der Waals surface area contributed by atoms with Gasteiger partial charge in [0.25, 0.3) is 0 Å². The molecule has 1 atom stereocenters. The third-order valence-electron chi connectivity index (χ3n) is 1.55. The van der Waals surface area contributed by atoms with Crippen LogP contribution in [0.1, 0.15) is 19.3 Å². The van der Waals surface area contributed by atoms with Crippen LogP contribution in [0.5, 0.6) is 0 Å². The molecule has 0 bridgehead atoms. The number of piperidine rings is 1. The van der Waals surface area contributed by atoms with Gasteiger partial charge in [0.1, 0.15) is 6.23 Å². The minimum absolute atomic E-state index is 0.602. The maximum Gasteiger partial charge on any atom is 0.145 e. The van der Waals surface area contributed by atoms with Crippen molar-refractivity contribution in [1.29, 1.82) is 0 Å². The Kier molecular flexibility index (Phi) is 2.00. The zero-order chi connectivity index (χ0) is 6.69. The first-order valence-electron chi connectivity index (χ1n) is 3.12. The molecule has 0 aromatic heterocycles. The van der Waals surface area contributed by atoms with E-state index in [4.69, 9.17) is 5.11 Å². The van der Waals surface area contributed by atoms with Crippen LogP contribution in [0.2, 0.25) is 0 Å². The van der Waals surface area contributed by atoms with Crippen molar-refractivity contribution in [2.24, 2.45) is 5.29 Å². The molecular weight excluding hydrogens is 120 g/mol. The molecule has 0 radical (unpaired) electrons. The minimum atomic E-state index is -0.628. The standard InChI is InChI=1S/C5H10N2O2/c8-5-3-1-2-4-7(5)6-9/h5,8H,1-4H2. The van der Waals surface area contributed by atoms with Gasteiger partial charge >= 0.3 is 0 Å². The Morgan fingerprint density at radius 2 is 2.33 bits per heavy atom.